The topological polar surface area (TPSA) is 47.6 Å². The van der Waals surface area contributed by atoms with E-state index in [0.29, 0.717) is 11.1 Å². The third-order valence-electron chi connectivity index (χ3n) is 2.83. The van der Waals surface area contributed by atoms with Gasteiger partial charge in [0.2, 0.25) is 0 Å². The van der Waals surface area contributed by atoms with Crippen LogP contribution < -0.4 is 0 Å². The van der Waals surface area contributed by atoms with E-state index < -0.39 is 0 Å². The van der Waals surface area contributed by atoms with E-state index in [1.54, 1.807) is 24.3 Å². The normalized spacial score (nSPS) is 10.6. The van der Waals surface area contributed by atoms with E-state index in [-0.39, 0.29) is 0 Å². The molecule has 0 aromatic heterocycles. The zero-order valence-corrected chi connectivity index (χ0v) is 10.6. The Morgan fingerprint density at radius 2 is 1.58 bits per heavy atom. The molecule has 0 unspecified atom stereocenters. The van der Waals surface area contributed by atoms with E-state index in [1.165, 1.54) is 5.56 Å². The summed E-state index contributed by atoms with van der Waals surface area (Å²) in [6.07, 6.45) is 1.85. The molecular weight excluding hydrogens is 232 g/mol. The molecule has 90 valence electrons. The van der Waals surface area contributed by atoms with Crippen LogP contribution in [-0.4, -0.2) is 0 Å². The van der Waals surface area contributed by atoms with E-state index in [9.17, 15) is 5.26 Å². The number of hydrogen-bond donors (Lipinski definition) is 0. The summed E-state index contributed by atoms with van der Waals surface area (Å²) >= 11 is 0. The second-order valence-corrected chi connectivity index (χ2v) is 4.27. The molecule has 2 rings (SSSR count). The SMILES string of the molecule is Cc1ccc(/C=C(\C#N)c2ccc(C#N)cc2)cc1. The average molecular weight is 244 g/mol. The molecule has 2 aromatic carbocycles. The van der Waals surface area contributed by atoms with Crippen LogP contribution >= 0.6 is 0 Å². The number of nitrogens with zero attached hydrogens (tertiary/aromatic N) is 2. The number of nitriles is 2. The van der Waals surface area contributed by atoms with Crippen molar-refractivity contribution in [3.8, 4) is 12.1 Å². The van der Waals surface area contributed by atoms with Crippen LogP contribution in [0.1, 0.15) is 22.3 Å². The lowest BCUT2D eigenvalue weighted by Gasteiger charge is -2.00. The molecule has 0 N–H and O–H groups in total. The fraction of sp³-hybridized carbons (Fsp3) is 0.0588. The minimum absolute atomic E-state index is 0.591. The number of aryl methyl sites for hydroxylation is 1. The van der Waals surface area contributed by atoms with Crippen molar-refractivity contribution in [2.24, 2.45) is 0 Å². The highest BCUT2D eigenvalue weighted by molar-refractivity contribution is 5.89. The van der Waals surface area contributed by atoms with Crippen LogP contribution in [0.2, 0.25) is 0 Å². The molecule has 19 heavy (non-hydrogen) atoms. The van der Waals surface area contributed by atoms with Crippen LogP contribution in [0.3, 0.4) is 0 Å². The van der Waals surface area contributed by atoms with Gasteiger partial charge in [0.1, 0.15) is 0 Å². The van der Waals surface area contributed by atoms with E-state index in [4.69, 9.17) is 5.26 Å². The van der Waals surface area contributed by atoms with Crippen LogP contribution in [0.4, 0.5) is 0 Å². The van der Waals surface area contributed by atoms with Crippen molar-refractivity contribution in [1.82, 2.24) is 0 Å². The van der Waals surface area contributed by atoms with Crippen molar-refractivity contribution in [3.05, 3.63) is 70.8 Å². The molecule has 0 atom stereocenters. The molecule has 0 aliphatic rings. The first-order valence-corrected chi connectivity index (χ1v) is 5.92. The Hall–Kier alpha value is -2.84. The predicted molar refractivity (Wildman–Crippen MR) is 75.8 cm³/mol. The maximum atomic E-state index is 9.24. The largest absolute Gasteiger partial charge is 0.192 e. The first kappa shape index (κ1) is 12.6. The Morgan fingerprint density at radius 3 is 2.11 bits per heavy atom. The third kappa shape index (κ3) is 3.09. The molecule has 0 aliphatic carbocycles. The van der Waals surface area contributed by atoms with Crippen molar-refractivity contribution in [2.75, 3.05) is 0 Å². The summed E-state index contributed by atoms with van der Waals surface area (Å²) in [5, 5.41) is 18.0. The van der Waals surface area contributed by atoms with E-state index in [1.807, 2.05) is 37.3 Å². The average Bonchev–Trinajstić information content (AvgIpc) is 2.47. The summed E-state index contributed by atoms with van der Waals surface area (Å²) in [6.45, 7) is 2.03. The molecule has 0 amide bonds. The van der Waals surface area contributed by atoms with Crippen LogP contribution in [0.15, 0.2) is 48.5 Å². The molecule has 0 aliphatic heterocycles. The highest BCUT2D eigenvalue weighted by Crippen LogP contribution is 2.18. The maximum absolute atomic E-state index is 9.24. The van der Waals surface area contributed by atoms with Gasteiger partial charge in [0.25, 0.3) is 0 Å². The minimum atomic E-state index is 0.591. The van der Waals surface area contributed by atoms with Crippen molar-refractivity contribution >= 4 is 11.6 Å². The van der Waals surface area contributed by atoms with E-state index >= 15 is 0 Å². The predicted octanol–water partition coefficient (Wildman–Crippen LogP) is 3.93. The van der Waals surface area contributed by atoms with Crippen molar-refractivity contribution in [2.45, 2.75) is 6.92 Å². The molecule has 2 aromatic rings. The zero-order chi connectivity index (χ0) is 13.7. The lowest BCUT2D eigenvalue weighted by molar-refractivity contribution is 1.46. The number of benzene rings is 2. The monoisotopic (exact) mass is 244 g/mol. The first-order chi connectivity index (χ1) is 9.22. The fourth-order valence-electron chi connectivity index (χ4n) is 1.73. The lowest BCUT2D eigenvalue weighted by Crippen LogP contribution is -1.83. The molecule has 0 bridgehead atoms. The summed E-state index contributed by atoms with van der Waals surface area (Å²) in [5.74, 6) is 0. The number of hydrogen-bond acceptors (Lipinski definition) is 2. The minimum Gasteiger partial charge on any atom is -0.192 e. The molecule has 2 nitrogen and oxygen atoms in total. The molecule has 0 spiro atoms. The molecule has 0 saturated carbocycles. The zero-order valence-electron chi connectivity index (χ0n) is 10.6. The second kappa shape index (κ2) is 5.67. The fourth-order valence-corrected chi connectivity index (χ4v) is 1.73. The van der Waals surface area contributed by atoms with Gasteiger partial charge in [0.05, 0.1) is 23.3 Å². The smallest absolute Gasteiger partial charge is 0.0998 e. The third-order valence-corrected chi connectivity index (χ3v) is 2.83. The van der Waals surface area contributed by atoms with Gasteiger partial charge in [-0.25, -0.2) is 0 Å². The quantitative estimate of drug-likeness (QED) is 0.593. The standard InChI is InChI=1S/C17H12N2/c1-13-2-4-14(5-3-13)10-17(12-19)16-8-6-15(11-18)7-9-16/h2-10H,1H3/b17-10+. The molecular formula is C17H12N2. The van der Waals surface area contributed by atoms with Gasteiger partial charge in [0.15, 0.2) is 0 Å². The Labute approximate surface area is 112 Å². The maximum Gasteiger partial charge on any atom is 0.0998 e. The Morgan fingerprint density at radius 1 is 0.947 bits per heavy atom. The highest BCUT2D eigenvalue weighted by atomic mass is 14.3. The summed E-state index contributed by atoms with van der Waals surface area (Å²) in [5.41, 5.74) is 4.19. The first-order valence-electron chi connectivity index (χ1n) is 5.92. The summed E-state index contributed by atoms with van der Waals surface area (Å²) < 4.78 is 0. The van der Waals surface area contributed by atoms with Gasteiger partial charge in [-0.3, -0.25) is 0 Å². The van der Waals surface area contributed by atoms with Gasteiger partial charge >= 0.3 is 0 Å². The summed E-state index contributed by atoms with van der Waals surface area (Å²) in [6, 6.07) is 19.3. The number of rotatable bonds is 2. The summed E-state index contributed by atoms with van der Waals surface area (Å²) in [4.78, 5) is 0. The molecule has 0 heterocycles. The van der Waals surface area contributed by atoms with Gasteiger partial charge in [-0.05, 0) is 36.3 Å². The lowest BCUT2D eigenvalue weighted by atomic mass is 10.0. The van der Waals surface area contributed by atoms with Crippen molar-refractivity contribution in [3.63, 3.8) is 0 Å². The molecule has 0 radical (unpaired) electrons. The van der Waals surface area contributed by atoms with Crippen LogP contribution in [0.25, 0.3) is 11.6 Å². The molecule has 2 heteroatoms. The van der Waals surface area contributed by atoms with Crippen molar-refractivity contribution in [1.29, 1.82) is 10.5 Å². The Bertz CT molecular complexity index is 678. The van der Waals surface area contributed by atoms with Gasteiger partial charge in [-0.15, -0.1) is 0 Å². The van der Waals surface area contributed by atoms with E-state index in [0.717, 1.165) is 11.1 Å². The molecule has 0 saturated heterocycles. The number of allylic oxidation sites excluding steroid dienone is 1. The van der Waals surface area contributed by atoms with Crippen LogP contribution in [-0.2, 0) is 0 Å². The molecule has 0 fully saturated rings. The Balaban J connectivity index is 2.36. The highest BCUT2D eigenvalue weighted by Gasteiger charge is 2.01. The van der Waals surface area contributed by atoms with Crippen LogP contribution in [0.5, 0.6) is 0 Å². The van der Waals surface area contributed by atoms with Gasteiger partial charge in [-0.1, -0.05) is 42.0 Å². The van der Waals surface area contributed by atoms with Gasteiger partial charge in [-0.2, -0.15) is 10.5 Å². The van der Waals surface area contributed by atoms with Crippen LogP contribution in [0, 0.1) is 29.6 Å². The van der Waals surface area contributed by atoms with E-state index in [2.05, 4.69) is 12.1 Å². The summed E-state index contributed by atoms with van der Waals surface area (Å²) in [7, 11) is 0. The second-order valence-electron chi connectivity index (χ2n) is 4.27. The van der Waals surface area contributed by atoms with Gasteiger partial charge in [0, 0.05) is 0 Å². The Kier molecular flexibility index (Phi) is 3.76. The van der Waals surface area contributed by atoms with Crippen molar-refractivity contribution < 1.29 is 0 Å². The van der Waals surface area contributed by atoms with Gasteiger partial charge < -0.3 is 0 Å².